The van der Waals surface area contributed by atoms with Crippen molar-refractivity contribution in [2.45, 2.75) is 31.9 Å². The van der Waals surface area contributed by atoms with E-state index < -0.39 is 5.60 Å². The van der Waals surface area contributed by atoms with Crippen LogP contribution < -0.4 is 20.3 Å². The van der Waals surface area contributed by atoms with E-state index in [0.29, 0.717) is 35.4 Å². The van der Waals surface area contributed by atoms with E-state index in [1.54, 1.807) is 19.1 Å². The molecule has 1 amide bonds. The number of fused-ring (bicyclic) bond motifs is 1. The maximum absolute atomic E-state index is 12.7. The molecule has 2 rings (SSSR count). The van der Waals surface area contributed by atoms with Crippen LogP contribution in [0.1, 0.15) is 19.8 Å². The van der Waals surface area contributed by atoms with Crippen molar-refractivity contribution in [2.24, 2.45) is 0 Å². The number of benzene rings is 1. The summed E-state index contributed by atoms with van der Waals surface area (Å²) in [6.07, 6.45) is 2.13. The minimum atomic E-state index is -1.12. The zero-order valence-corrected chi connectivity index (χ0v) is 16.7. The molecule has 1 heterocycles. The number of hydrogen-bond acceptors (Lipinski definition) is 7. The first-order valence-corrected chi connectivity index (χ1v) is 8.90. The molecule has 0 bridgehead atoms. The molecule has 28 heavy (non-hydrogen) atoms. The largest absolute Gasteiger partial charge is 0.493 e. The number of aromatic nitrogens is 2. The quantitative estimate of drug-likeness (QED) is 0.611. The van der Waals surface area contributed by atoms with Crippen LogP contribution in [0.2, 0.25) is 0 Å². The molecule has 2 aromatic rings. The normalized spacial score (nSPS) is 13.2. The molecule has 1 aromatic carbocycles. The first kappa shape index (κ1) is 21.6. The van der Waals surface area contributed by atoms with E-state index in [0.717, 1.165) is 0 Å². The molecule has 1 atom stereocenters. The van der Waals surface area contributed by atoms with Crippen molar-refractivity contribution in [3.05, 3.63) is 28.8 Å². The van der Waals surface area contributed by atoms with Crippen molar-refractivity contribution < 1.29 is 24.1 Å². The molecule has 0 saturated heterocycles. The van der Waals surface area contributed by atoms with E-state index in [9.17, 15) is 14.7 Å². The average Bonchev–Trinajstić information content (AvgIpc) is 2.67. The summed E-state index contributed by atoms with van der Waals surface area (Å²) in [4.78, 5) is 28.9. The van der Waals surface area contributed by atoms with E-state index >= 15 is 0 Å². The van der Waals surface area contributed by atoms with Crippen molar-refractivity contribution >= 4 is 16.8 Å². The second-order valence-electron chi connectivity index (χ2n) is 6.78. The lowest BCUT2D eigenvalue weighted by Gasteiger charge is -2.22. The zero-order valence-electron chi connectivity index (χ0n) is 16.7. The van der Waals surface area contributed by atoms with Crippen LogP contribution in [0.25, 0.3) is 10.9 Å². The van der Waals surface area contributed by atoms with Gasteiger partial charge >= 0.3 is 0 Å². The minimum Gasteiger partial charge on any atom is -0.493 e. The Labute approximate surface area is 163 Å². The van der Waals surface area contributed by atoms with Gasteiger partial charge < -0.3 is 24.6 Å². The van der Waals surface area contributed by atoms with Gasteiger partial charge in [-0.15, -0.1) is 0 Å². The standard InChI is InChI=1S/C19H27N3O6/c1-19(25,11-26-2)10-20-17(23)6-5-7-22-12-21-14-9-16(28-4)15(27-3)8-13(14)18(22)24/h8-9,12,25H,5-7,10-11H2,1-4H3,(H,20,23)/t19-/m0/s1. The molecule has 1 aromatic heterocycles. The van der Waals surface area contributed by atoms with Crippen LogP contribution in [-0.2, 0) is 16.1 Å². The average molecular weight is 393 g/mol. The lowest BCUT2D eigenvalue weighted by Crippen LogP contribution is -2.43. The van der Waals surface area contributed by atoms with Crippen molar-refractivity contribution in [3.63, 3.8) is 0 Å². The maximum atomic E-state index is 12.7. The number of methoxy groups -OCH3 is 3. The molecule has 0 unspecified atom stereocenters. The molecule has 0 aliphatic rings. The van der Waals surface area contributed by atoms with Crippen molar-refractivity contribution in [1.82, 2.24) is 14.9 Å². The van der Waals surface area contributed by atoms with Gasteiger partial charge in [0.1, 0.15) is 5.60 Å². The summed E-state index contributed by atoms with van der Waals surface area (Å²) >= 11 is 0. The minimum absolute atomic E-state index is 0.0960. The summed E-state index contributed by atoms with van der Waals surface area (Å²) in [5.41, 5.74) is -0.824. The topological polar surface area (TPSA) is 112 Å². The van der Waals surface area contributed by atoms with Crippen LogP contribution in [-0.4, -0.2) is 60.6 Å². The molecule has 0 spiro atoms. The summed E-state index contributed by atoms with van der Waals surface area (Å²) in [6, 6.07) is 3.25. The number of aliphatic hydroxyl groups is 1. The maximum Gasteiger partial charge on any atom is 0.261 e. The van der Waals surface area contributed by atoms with Gasteiger partial charge in [0, 0.05) is 32.7 Å². The highest BCUT2D eigenvalue weighted by atomic mass is 16.5. The van der Waals surface area contributed by atoms with E-state index in [1.165, 1.54) is 32.2 Å². The molecule has 9 nitrogen and oxygen atoms in total. The Balaban J connectivity index is 2.00. The molecule has 0 fully saturated rings. The second kappa shape index (κ2) is 9.52. The van der Waals surface area contributed by atoms with E-state index in [1.807, 2.05) is 0 Å². The lowest BCUT2D eigenvalue weighted by molar-refractivity contribution is -0.122. The summed E-state index contributed by atoms with van der Waals surface area (Å²) in [7, 11) is 4.50. The Morgan fingerprint density at radius 3 is 2.57 bits per heavy atom. The molecular weight excluding hydrogens is 366 g/mol. The fourth-order valence-electron chi connectivity index (χ4n) is 2.79. The smallest absolute Gasteiger partial charge is 0.261 e. The number of nitrogens with one attached hydrogen (secondary N) is 1. The lowest BCUT2D eigenvalue weighted by atomic mass is 10.1. The van der Waals surface area contributed by atoms with Crippen LogP contribution >= 0.6 is 0 Å². The molecule has 0 radical (unpaired) electrons. The van der Waals surface area contributed by atoms with E-state index in [2.05, 4.69) is 10.3 Å². The number of amides is 1. The van der Waals surface area contributed by atoms with Gasteiger partial charge in [-0.05, 0) is 19.4 Å². The Hall–Kier alpha value is -2.65. The molecule has 0 aliphatic carbocycles. The number of rotatable bonds is 10. The highest BCUT2D eigenvalue weighted by Crippen LogP contribution is 2.29. The first-order valence-electron chi connectivity index (χ1n) is 8.90. The molecule has 0 saturated carbocycles. The molecule has 154 valence electrons. The summed E-state index contributed by atoms with van der Waals surface area (Å²) in [6.45, 7) is 2.15. The van der Waals surface area contributed by atoms with Gasteiger partial charge in [-0.2, -0.15) is 0 Å². The van der Waals surface area contributed by atoms with Crippen LogP contribution in [0.3, 0.4) is 0 Å². The first-order chi connectivity index (χ1) is 13.3. The van der Waals surface area contributed by atoms with Crippen molar-refractivity contribution in [1.29, 1.82) is 0 Å². The zero-order chi connectivity index (χ0) is 20.7. The van der Waals surface area contributed by atoms with Crippen LogP contribution in [0.5, 0.6) is 11.5 Å². The number of aryl methyl sites for hydroxylation is 1. The third-order valence-electron chi connectivity index (χ3n) is 4.25. The SMILES string of the molecule is COC[C@@](C)(O)CNC(=O)CCCn1cnc2cc(OC)c(OC)cc2c1=O. The number of carbonyl (C=O) groups excluding carboxylic acids is 1. The van der Waals surface area contributed by atoms with Gasteiger partial charge in [0.05, 0.1) is 38.1 Å². The summed E-state index contributed by atoms with van der Waals surface area (Å²) in [5, 5.41) is 13.1. The van der Waals surface area contributed by atoms with Crippen molar-refractivity contribution in [2.75, 3.05) is 34.5 Å². The summed E-state index contributed by atoms with van der Waals surface area (Å²) in [5.74, 6) is 0.749. The third-order valence-corrected chi connectivity index (χ3v) is 4.25. The van der Waals surface area contributed by atoms with Gasteiger partial charge in [-0.25, -0.2) is 4.98 Å². The fourth-order valence-corrected chi connectivity index (χ4v) is 2.79. The number of hydrogen-bond donors (Lipinski definition) is 2. The number of nitrogens with zero attached hydrogens (tertiary/aromatic N) is 2. The number of carbonyl (C=O) groups is 1. The Bertz CT molecular complexity index is 878. The van der Waals surface area contributed by atoms with Gasteiger partial charge in [-0.1, -0.05) is 0 Å². The second-order valence-corrected chi connectivity index (χ2v) is 6.78. The van der Waals surface area contributed by atoms with Crippen LogP contribution in [0.4, 0.5) is 0 Å². The third kappa shape index (κ3) is 5.43. The molecular formula is C19H27N3O6. The Morgan fingerprint density at radius 1 is 1.25 bits per heavy atom. The summed E-state index contributed by atoms with van der Waals surface area (Å²) < 4.78 is 16.8. The van der Waals surface area contributed by atoms with Gasteiger partial charge in [0.2, 0.25) is 5.91 Å². The highest BCUT2D eigenvalue weighted by Gasteiger charge is 2.20. The predicted molar refractivity (Wildman–Crippen MR) is 104 cm³/mol. The van der Waals surface area contributed by atoms with Crippen molar-refractivity contribution in [3.8, 4) is 11.5 Å². The van der Waals surface area contributed by atoms with Gasteiger partial charge in [-0.3, -0.25) is 14.2 Å². The van der Waals surface area contributed by atoms with Gasteiger partial charge in [0.15, 0.2) is 11.5 Å². The molecule has 2 N–H and O–H groups in total. The highest BCUT2D eigenvalue weighted by molar-refractivity contribution is 5.81. The van der Waals surface area contributed by atoms with Crippen LogP contribution in [0.15, 0.2) is 23.3 Å². The monoisotopic (exact) mass is 393 g/mol. The molecule has 0 aliphatic heterocycles. The number of ether oxygens (including phenoxy) is 3. The van der Waals surface area contributed by atoms with Crippen LogP contribution in [0, 0.1) is 0 Å². The van der Waals surface area contributed by atoms with E-state index in [4.69, 9.17) is 14.2 Å². The predicted octanol–water partition coefficient (Wildman–Crippen LogP) is 0.707. The fraction of sp³-hybridized carbons (Fsp3) is 0.526. The Kier molecular flexibility index (Phi) is 7.36. The molecule has 9 heteroatoms. The van der Waals surface area contributed by atoms with Gasteiger partial charge in [0.25, 0.3) is 5.56 Å². The van der Waals surface area contributed by atoms with E-state index in [-0.39, 0.29) is 31.0 Å². The Morgan fingerprint density at radius 2 is 1.93 bits per heavy atom.